The molecule has 0 amide bonds. The first-order chi connectivity index (χ1) is 14.1. The molecule has 180 valence electrons. The van der Waals surface area contributed by atoms with Crippen LogP contribution in [0, 0.1) is 0 Å². The zero-order valence-electron chi connectivity index (χ0n) is 20.4. The molecule has 2 N–H and O–H groups in total. The van der Waals surface area contributed by atoms with Gasteiger partial charge in [0.2, 0.25) is 5.79 Å². The van der Waals surface area contributed by atoms with Crippen molar-refractivity contribution in [2.75, 3.05) is 20.8 Å². The van der Waals surface area contributed by atoms with Gasteiger partial charge in [-0.2, -0.15) is 0 Å². The van der Waals surface area contributed by atoms with Crippen molar-refractivity contribution < 1.29 is 33.6 Å². The second kappa shape index (κ2) is 9.44. The van der Waals surface area contributed by atoms with Gasteiger partial charge in [-0.15, -0.1) is 11.3 Å². The number of ether oxygens (including phenoxy) is 4. The lowest BCUT2D eigenvalue weighted by atomic mass is 10.0. The molecule has 0 unspecified atom stereocenters. The molecule has 0 saturated carbocycles. The maximum absolute atomic E-state index is 11.1. The Bertz CT molecular complexity index is 730. The molecule has 1 aromatic rings. The van der Waals surface area contributed by atoms with Gasteiger partial charge in [-0.05, 0) is 38.9 Å². The quantitative estimate of drug-likeness (QED) is 0.411. The Morgan fingerprint density at radius 1 is 1.13 bits per heavy atom. The average molecular weight is 478 g/mol. The molecule has 10 heteroatoms. The number of methoxy groups -OCH3 is 2. The predicted octanol–water partition coefficient (Wildman–Crippen LogP) is 3.54. The summed E-state index contributed by atoms with van der Waals surface area (Å²) in [5.41, 5.74) is 0. The van der Waals surface area contributed by atoms with E-state index >= 15 is 0 Å². The molecule has 1 aliphatic rings. The van der Waals surface area contributed by atoms with Crippen LogP contribution >= 0.6 is 11.3 Å². The van der Waals surface area contributed by atoms with Crippen molar-refractivity contribution >= 4 is 19.7 Å². The minimum atomic E-state index is -2.05. The van der Waals surface area contributed by atoms with E-state index in [-0.39, 0.29) is 11.6 Å². The van der Waals surface area contributed by atoms with Crippen LogP contribution in [0.3, 0.4) is 0 Å². The zero-order chi connectivity index (χ0) is 23.8. The van der Waals surface area contributed by atoms with Gasteiger partial charge < -0.3 is 33.6 Å². The zero-order valence-corrected chi connectivity index (χ0v) is 22.2. The molecule has 1 aromatic heterocycles. The van der Waals surface area contributed by atoms with Crippen LogP contribution in [0.2, 0.25) is 18.1 Å². The number of hydrogen-bond acceptors (Lipinski definition) is 9. The average Bonchev–Trinajstić information content (AvgIpc) is 3.29. The van der Waals surface area contributed by atoms with E-state index in [1.807, 2.05) is 0 Å². The number of nitrogens with zero attached hydrogens (tertiary/aromatic N) is 1. The van der Waals surface area contributed by atoms with E-state index in [1.165, 1.54) is 25.6 Å². The number of aliphatic hydroxyl groups is 2. The summed E-state index contributed by atoms with van der Waals surface area (Å²) in [6.45, 7) is 16.1. The van der Waals surface area contributed by atoms with Gasteiger partial charge >= 0.3 is 0 Å². The molecule has 1 fully saturated rings. The molecule has 8 nitrogen and oxygen atoms in total. The van der Waals surface area contributed by atoms with E-state index in [0.29, 0.717) is 9.88 Å². The lowest BCUT2D eigenvalue weighted by Crippen LogP contribution is -2.47. The van der Waals surface area contributed by atoms with Crippen molar-refractivity contribution in [2.24, 2.45) is 0 Å². The van der Waals surface area contributed by atoms with Crippen LogP contribution < -0.4 is 0 Å². The smallest absolute Gasteiger partial charge is 0.218 e. The van der Waals surface area contributed by atoms with Crippen molar-refractivity contribution in [2.45, 2.75) is 95.7 Å². The molecule has 1 saturated heterocycles. The van der Waals surface area contributed by atoms with E-state index < -0.39 is 44.3 Å². The second-order valence-electron chi connectivity index (χ2n) is 10.1. The van der Waals surface area contributed by atoms with Gasteiger partial charge in [-0.25, -0.2) is 4.98 Å². The Morgan fingerprint density at radius 2 is 1.68 bits per heavy atom. The van der Waals surface area contributed by atoms with E-state index in [1.54, 1.807) is 27.0 Å². The fourth-order valence-corrected chi connectivity index (χ4v) is 5.08. The standard InChI is InChI=1S/C21H39NO7SSi/c1-19(2,3)31(9,10)27-12-13(23)16-17(29-20(4,5)28-16)15(24)14-11-22-18(30-14)21(6,25-7)26-8/h11,13,15-17,23-24H,12H2,1-10H3/t13-,15+,16-,17+/m1/s1. The molecular weight excluding hydrogens is 438 g/mol. The Kier molecular flexibility index (Phi) is 8.16. The van der Waals surface area contributed by atoms with Crippen molar-refractivity contribution in [1.82, 2.24) is 4.98 Å². The van der Waals surface area contributed by atoms with Crippen molar-refractivity contribution in [3.8, 4) is 0 Å². The predicted molar refractivity (Wildman–Crippen MR) is 121 cm³/mol. The molecule has 2 heterocycles. The first-order valence-corrected chi connectivity index (χ1v) is 14.2. The largest absolute Gasteiger partial charge is 0.414 e. The van der Waals surface area contributed by atoms with Gasteiger partial charge in [0.15, 0.2) is 19.1 Å². The summed E-state index contributed by atoms with van der Waals surface area (Å²) in [6.07, 6.45) is -1.95. The van der Waals surface area contributed by atoms with E-state index in [2.05, 4.69) is 38.8 Å². The first kappa shape index (κ1) is 26.8. The van der Waals surface area contributed by atoms with Crippen LogP contribution in [-0.4, -0.2) is 68.4 Å². The summed E-state index contributed by atoms with van der Waals surface area (Å²) in [6, 6.07) is 0. The maximum atomic E-state index is 11.1. The topological polar surface area (TPSA) is 99.5 Å². The van der Waals surface area contributed by atoms with Gasteiger partial charge in [0.25, 0.3) is 0 Å². The monoisotopic (exact) mass is 477 g/mol. The molecule has 4 atom stereocenters. The number of aliphatic hydroxyl groups excluding tert-OH is 2. The van der Waals surface area contributed by atoms with Crippen LogP contribution in [0.4, 0.5) is 0 Å². The highest BCUT2D eigenvalue weighted by Gasteiger charge is 2.49. The molecule has 0 spiro atoms. The van der Waals surface area contributed by atoms with E-state index in [0.717, 1.165) is 0 Å². The van der Waals surface area contributed by atoms with Gasteiger partial charge in [-0.3, -0.25) is 0 Å². The third kappa shape index (κ3) is 5.93. The second-order valence-corrected chi connectivity index (χ2v) is 15.9. The fraction of sp³-hybridized carbons (Fsp3) is 0.857. The summed E-state index contributed by atoms with van der Waals surface area (Å²) in [5.74, 6) is -1.96. The van der Waals surface area contributed by atoms with Crippen LogP contribution in [0.1, 0.15) is 57.5 Å². The molecule has 0 aromatic carbocycles. The Labute approximate surface area is 191 Å². The maximum Gasteiger partial charge on any atom is 0.218 e. The molecule has 0 aliphatic carbocycles. The number of thiazole rings is 1. The van der Waals surface area contributed by atoms with Crippen molar-refractivity contribution in [3.63, 3.8) is 0 Å². The summed E-state index contributed by atoms with van der Waals surface area (Å²) in [7, 11) is 1.02. The number of rotatable bonds is 9. The van der Waals surface area contributed by atoms with Crippen molar-refractivity contribution in [1.29, 1.82) is 0 Å². The van der Waals surface area contributed by atoms with Gasteiger partial charge in [-0.1, -0.05) is 20.8 Å². The molecule has 0 bridgehead atoms. The Morgan fingerprint density at radius 3 is 2.19 bits per heavy atom. The molecule has 1 aliphatic heterocycles. The highest BCUT2D eigenvalue weighted by molar-refractivity contribution is 7.11. The summed E-state index contributed by atoms with van der Waals surface area (Å²) in [5, 5.41) is 22.6. The normalized spacial score (nSPS) is 24.4. The summed E-state index contributed by atoms with van der Waals surface area (Å²) >= 11 is 1.27. The highest BCUT2D eigenvalue weighted by Crippen LogP contribution is 2.41. The first-order valence-electron chi connectivity index (χ1n) is 10.5. The third-order valence-corrected chi connectivity index (χ3v) is 12.0. The number of hydrogen-bond donors (Lipinski definition) is 2. The minimum Gasteiger partial charge on any atom is -0.414 e. The molecular formula is C21H39NO7SSi. The molecule has 0 radical (unpaired) electrons. The Hall–Kier alpha value is -0.433. The van der Waals surface area contributed by atoms with Crippen LogP contribution in [0.15, 0.2) is 6.20 Å². The highest BCUT2D eigenvalue weighted by atomic mass is 32.1. The fourth-order valence-electron chi connectivity index (χ4n) is 3.02. The summed E-state index contributed by atoms with van der Waals surface area (Å²) in [4.78, 5) is 4.93. The third-order valence-electron chi connectivity index (χ3n) is 6.26. The molecule has 31 heavy (non-hydrogen) atoms. The lowest BCUT2D eigenvalue weighted by Gasteiger charge is -2.37. The van der Waals surface area contributed by atoms with Gasteiger partial charge in [0, 0.05) is 20.4 Å². The minimum absolute atomic E-state index is 0.0202. The molecule has 2 rings (SSSR count). The van der Waals surface area contributed by atoms with Gasteiger partial charge in [0.1, 0.15) is 24.4 Å². The van der Waals surface area contributed by atoms with Crippen molar-refractivity contribution in [3.05, 3.63) is 16.1 Å². The SMILES string of the molecule is COC(C)(OC)c1ncc([C@H](O)[C@@H]2OC(C)(C)O[C@@H]2[C@H](O)CO[Si](C)(C)C(C)(C)C)s1. The van der Waals surface area contributed by atoms with Gasteiger partial charge in [0.05, 0.1) is 11.5 Å². The lowest BCUT2D eigenvalue weighted by molar-refractivity contribution is -0.201. The van der Waals surface area contributed by atoms with Crippen LogP contribution in [0.5, 0.6) is 0 Å². The summed E-state index contributed by atoms with van der Waals surface area (Å²) < 4.78 is 29.0. The van der Waals surface area contributed by atoms with E-state index in [9.17, 15) is 10.2 Å². The van der Waals surface area contributed by atoms with E-state index in [4.69, 9.17) is 23.4 Å². The number of aromatic nitrogens is 1. The van der Waals surface area contributed by atoms with Crippen LogP contribution in [0.25, 0.3) is 0 Å². The van der Waals surface area contributed by atoms with Crippen LogP contribution in [-0.2, 0) is 29.2 Å². The Balaban J connectivity index is 2.19.